The number of carboxylic acids is 1. The summed E-state index contributed by atoms with van der Waals surface area (Å²) in [6.07, 6.45) is 6.50. The van der Waals surface area contributed by atoms with E-state index in [0.29, 0.717) is 31.5 Å². The van der Waals surface area contributed by atoms with Crippen molar-refractivity contribution in [1.29, 1.82) is 0 Å². The molecule has 2 amide bonds. The number of likely N-dealkylation sites (tertiary alicyclic amines) is 1. The Labute approximate surface area is 163 Å². The van der Waals surface area contributed by atoms with Gasteiger partial charge in [0.1, 0.15) is 0 Å². The average molecular weight is 384 g/mol. The summed E-state index contributed by atoms with van der Waals surface area (Å²) in [5, 5.41) is 9.17. The first-order valence-corrected chi connectivity index (χ1v) is 9.25. The molecule has 148 valence electrons. The number of amides is 2. The van der Waals surface area contributed by atoms with E-state index in [1.807, 2.05) is 29.0 Å². The second-order valence-corrected chi connectivity index (χ2v) is 7.11. The number of aliphatic carboxylic acids is 1. The molecule has 1 fully saturated rings. The van der Waals surface area contributed by atoms with Crippen molar-refractivity contribution in [2.75, 3.05) is 26.7 Å². The molecule has 1 N–H and O–H groups in total. The lowest BCUT2D eigenvalue weighted by Crippen LogP contribution is -2.46. The molecule has 28 heavy (non-hydrogen) atoms. The minimum Gasteiger partial charge on any atom is -0.481 e. The summed E-state index contributed by atoms with van der Waals surface area (Å²) in [7, 11) is 1.58. The van der Waals surface area contributed by atoms with Crippen LogP contribution in [0.3, 0.4) is 0 Å². The number of rotatable bonds is 6. The molecular formula is C20H24N4O4. The molecule has 0 saturated carbocycles. The van der Waals surface area contributed by atoms with Crippen LogP contribution in [0.1, 0.15) is 28.8 Å². The van der Waals surface area contributed by atoms with Crippen LogP contribution in [0.25, 0.3) is 0 Å². The van der Waals surface area contributed by atoms with E-state index in [2.05, 4.69) is 4.98 Å². The van der Waals surface area contributed by atoms with Gasteiger partial charge in [0.05, 0.1) is 18.8 Å². The van der Waals surface area contributed by atoms with Gasteiger partial charge in [-0.2, -0.15) is 0 Å². The van der Waals surface area contributed by atoms with Crippen LogP contribution in [0.4, 0.5) is 0 Å². The van der Waals surface area contributed by atoms with Gasteiger partial charge in [0.25, 0.3) is 5.91 Å². The summed E-state index contributed by atoms with van der Waals surface area (Å²) >= 11 is 0. The molecule has 0 aliphatic carbocycles. The van der Waals surface area contributed by atoms with Crippen LogP contribution in [0.2, 0.25) is 0 Å². The second-order valence-electron chi connectivity index (χ2n) is 7.11. The maximum absolute atomic E-state index is 12.7. The van der Waals surface area contributed by atoms with Crippen LogP contribution in [0.5, 0.6) is 0 Å². The van der Waals surface area contributed by atoms with Gasteiger partial charge in [-0.25, -0.2) is 4.98 Å². The average Bonchev–Trinajstić information content (AvgIpc) is 3.20. The Balaban J connectivity index is 1.61. The molecule has 1 aliphatic heterocycles. The minimum atomic E-state index is -0.878. The first kappa shape index (κ1) is 19.6. The fraction of sp³-hybridized carbons (Fsp3) is 0.400. The molecule has 8 nitrogen and oxygen atoms in total. The van der Waals surface area contributed by atoms with E-state index in [-0.39, 0.29) is 24.9 Å². The number of piperidine rings is 1. The van der Waals surface area contributed by atoms with E-state index >= 15 is 0 Å². The standard InChI is InChI=1S/C20H24N4O4/c1-22(13-18(25)24-8-3-6-17(12-24)20(27)28)19(26)16-5-2-4-15(10-16)11-23-9-7-21-14-23/h2,4-5,7,9-10,14,17H,3,6,8,11-13H2,1H3,(H,27,28). The van der Waals surface area contributed by atoms with E-state index in [1.165, 1.54) is 4.90 Å². The van der Waals surface area contributed by atoms with Gasteiger partial charge in [-0.05, 0) is 30.5 Å². The Morgan fingerprint density at radius 1 is 1.32 bits per heavy atom. The Bertz CT molecular complexity index is 850. The molecule has 1 atom stereocenters. The zero-order valence-electron chi connectivity index (χ0n) is 15.8. The molecule has 0 spiro atoms. The van der Waals surface area contributed by atoms with E-state index in [4.69, 9.17) is 5.11 Å². The zero-order valence-corrected chi connectivity index (χ0v) is 15.8. The van der Waals surface area contributed by atoms with Crippen LogP contribution in [-0.4, -0.2) is 68.9 Å². The largest absolute Gasteiger partial charge is 0.481 e. The second kappa shape index (κ2) is 8.69. The fourth-order valence-corrected chi connectivity index (χ4v) is 3.39. The monoisotopic (exact) mass is 384 g/mol. The first-order chi connectivity index (χ1) is 13.4. The van der Waals surface area contributed by atoms with Crippen LogP contribution >= 0.6 is 0 Å². The van der Waals surface area contributed by atoms with Crippen LogP contribution < -0.4 is 0 Å². The highest BCUT2D eigenvalue weighted by molar-refractivity contribution is 5.96. The Morgan fingerprint density at radius 3 is 2.86 bits per heavy atom. The Kier molecular flexibility index (Phi) is 6.08. The predicted octanol–water partition coefficient (Wildman–Crippen LogP) is 1.33. The number of hydrogen-bond donors (Lipinski definition) is 1. The Morgan fingerprint density at radius 2 is 2.14 bits per heavy atom. The van der Waals surface area contributed by atoms with Crippen molar-refractivity contribution in [3.8, 4) is 0 Å². The molecular weight excluding hydrogens is 360 g/mol. The zero-order chi connectivity index (χ0) is 20.1. The molecule has 1 aliphatic rings. The van der Waals surface area contributed by atoms with Gasteiger partial charge < -0.3 is 19.5 Å². The topological polar surface area (TPSA) is 95.7 Å². The summed E-state index contributed by atoms with van der Waals surface area (Å²) in [6.45, 7) is 1.27. The number of carbonyl (C=O) groups is 3. The molecule has 8 heteroatoms. The molecule has 0 radical (unpaired) electrons. The third-order valence-electron chi connectivity index (χ3n) is 4.94. The Hall–Kier alpha value is -3.16. The summed E-state index contributed by atoms with van der Waals surface area (Å²) in [5.74, 6) is -1.88. The molecule has 0 bridgehead atoms. The highest BCUT2D eigenvalue weighted by Gasteiger charge is 2.29. The molecule has 1 aromatic heterocycles. The smallest absolute Gasteiger partial charge is 0.308 e. The van der Waals surface area contributed by atoms with Gasteiger partial charge in [0.2, 0.25) is 5.91 Å². The van der Waals surface area contributed by atoms with E-state index in [9.17, 15) is 14.4 Å². The highest BCUT2D eigenvalue weighted by atomic mass is 16.4. The van der Waals surface area contributed by atoms with Crippen molar-refractivity contribution in [3.63, 3.8) is 0 Å². The molecule has 2 heterocycles. The van der Waals surface area contributed by atoms with Crippen molar-refractivity contribution >= 4 is 17.8 Å². The highest BCUT2D eigenvalue weighted by Crippen LogP contribution is 2.17. The number of carbonyl (C=O) groups excluding carboxylic acids is 2. The fourth-order valence-electron chi connectivity index (χ4n) is 3.39. The number of likely N-dealkylation sites (N-methyl/N-ethyl adjacent to an activating group) is 1. The summed E-state index contributed by atoms with van der Waals surface area (Å²) in [5.41, 5.74) is 1.47. The summed E-state index contributed by atoms with van der Waals surface area (Å²) < 4.78 is 1.91. The van der Waals surface area contributed by atoms with E-state index in [0.717, 1.165) is 5.56 Å². The maximum Gasteiger partial charge on any atom is 0.308 e. The van der Waals surface area contributed by atoms with Crippen molar-refractivity contribution in [1.82, 2.24) is 19.4 Å². The lowest BCUT2D eigenvalue weighted by molar-refractivity contribution is -0.145. The number of hydrogen-bond acceptors (Lipinski definition) is 4. The van der Waals surface area contributed by atoms with Gasteiger partial charge in [-0.3, -0.25) is 14.4 Å². The van der Waals surface area contributed by atoms with Gasteiger partial charge in [-0.1, -0.05) is 12.1 Å². The van der Waals surface area contributed by atoms with Crippen LogP contribution in [0, 0.1) is 5.92 Å². The molecule has 1 saturated heterocycles. The van der Waals surface area contributed by atoms with Crippen molar-refractivity contribution in [2.45, 2.75) is 19.4 Å². The number of aromatic nitrogens is 2. The number of nitrogens with zero attached hydrogens (tertiary/aromatic N) is 4. The van der Waals surface area contributed by atoms with E-state index in [1.54, 1.807) is 30.5 Å². The third-order valence-corrected chi connectivity index (χ3v) is 4.94. The van der Waals surface area contributed by atoms with Crippen LogP contribution in [-0.2, 0) is 16.1 Å². The van der Waals surface area contributed by atoms with E-state index < -0.39 is 11.9 Å². The van der Waals surface area contributed by atoms with Gasteiger partial charge in [0.15, 0.2) is 0 Å². The van der Waals surface area contributed by atoms with Gasteiger partial charge >= 0.3 is 5.97 Å². The molecule has 1 aromatic carbocycles. The lowest BCUT2D eigenvalue weighted by atomic mass is 9.98. The SMILES string of the molecule is CN(CC(=O)N1CCCC(C(=O)O)C1)C(=O)c1cccc(Cn2ccnc2)c1. The number of carboxylic acid groups (broad SMARTS) is 1. The number of imidazole rings is 1. The molecule has 3 rings (SSSR count). The number of benzene rings is 1. The van der Waals surface area contributed by atoms with Crippen molar-refractivity contribution in [2.24, 2.45) is 5.92 Å². The van der Waals surface area contributed by atoms with Crippen LogP contribution in [0.15, 0.2) is 43.0 Å². The quantitative estimate of drug-likeness (QED) is 0.811. The van der Waals surface area contributed by atoms with Gasteiger partial charge in [0, 0.05) is 44.6 Å². The lowest BCUT2D eigenvalue weighted by Gasteiger charge is -2.32. The van der Waals surface area contributed by atoms with Gasteiger partial charge in [-0.15, -0.1) is 0 Å². The van der Waals surface area contributed by atoms with Crippen molar-refractivity contribution in [3.05, 3.63) is 54.1 Å². The molecule has 1 unspecified atom stereocenters. The first-order valence-electron chi connectivity index (χ1n) is 9.25. The normalized spacial score (nSPS) is 16.6. The maximum atomic E-state index is 12.7. The minimum absolute atomic E-state index is 0.0725. The third kappa shape index (κ3) is 4.76. The molecule has 2 aromatic rings. The van der Waals surface area contributed by atoms with Crippen molar-refractivity contribution < 1.29 is 19.5 Å². The summed E-state index contributed by atoms with van der Waals surface area (Å²) in [4.78, 5) is 43.4. The predicted molar refractivity (Wildman–Crippen MR) is 102 cm³/mol. The summed E-state index contributed by atoms with van der Waals surface area (Å²) in [6, 6.07) is 7.28.